The molecule has 0 spiro atoms. The molecule has 3 aromatic carbocycles. The van der Waals surface area contributed by atoms with Crippen LogP contribution in [0.3, 0.4) is 0 Å². The predicted octanol–water partition coefficient (Wildman–Crippen LogP) is 6.89. The first kappa shape index (κ1) is 31.3. The van der Waals surface area contributed by atoms with Crippen molar-refractivity contribution >= 4 is 22.9 Å². The summed E-state index contributed by atoms with van der Waals surface area (Å²) < 4.78 is 6.32. The Kier molecular flexibility index (Phi) is 8.38. The van der Waals surface area contributed by atoms with Crippen LogP contribution in [-0.2, 0) is 13.1 Å². The Morgan fingerprint density at radius 3 is 2.53 bits per heavy atom. The van der Waals surface area contributed by atoms with E-state index in [1.54, 1.807) is 0 Å². The van der Waals surface area contributed by atoms with E-state index in [-0.39, 0.29) is 12.3 Å². The molecule has 49 heavy (non-hydrogen) atoms. The van der Waals surface area contributed by atoms with Crippen molar-refractivity contribution in [2.45, 2.75) is 58.5 Å². The molecule has 2 saturated heterocycles. The van der Waals surface area contributed by atoms with Gasteiger partial charge in [-0.25, -0.2) is 4.98 Å². The van der Waals surface area contributed by atoms with Crippen molar-refractivity contribution < 1.29 is 9.52 Å². The molecular weight excluding hydrogens is 610 g/mol. The number of nitriles is 1. The normalized spacial score (nSPS) is 19.2. The highest BCUT2D eigenvalue weighted by Crippen LogP contribution is 2.38. The quantitative estimate of drug-likeness (QED) is 0.165. The molecule has 2 fully saturated rings. The summed E-state index contributed by atoms with van der Waals surface area (Å²) in [5.74, 6) is 0.525. The van der Waals surface area contributed by atoms with E-state index in [0.29, 0.717) is 23.6 Å². The fraction of sp³-hybridized carbons (Fsp3) is 0.325. The Morgan fingerprint density at radius 1 is 0.959 bits per heavy atom. The summed E-state index contributed by atoms with van der Waals surface area (Å²) in [6.07, 6.45) is 8.87. The molecule has 248 valence electrons. The van der Waals surface area contributed by atoms with E-state index < -0.39 is 0 Å². The van der Waals surface area contributed by atoms with Crippen LogP contribution in [0, 0.1) is 25.2 Å². The lowest BCUT2D eigenvalue weighted by atomic mass is 9.92. The van der Waals surface area contributed by atoms with Crippen LogP contribution in [0.1, 0.15) is 64.5 Å². The van der Waals surface area contributed by atoms with Crippen LogP contribution in [0.5, 0.6) is 0 Å². The van der Waals surface area contributed by atoms with Crippen LogP contribution in [-0.4, -0.2) is 57.2 Å². The number of anilines is 1. The van der Waals surface area contributed by atoms with Crippen LogP contribution >= 0.6 is 0 Å². The second-order valence-electron chi connectivity index (χ2n) is 13.6. The minimum Gasteiger partial charge on any atom is -0.435 e. The van der Waals surface area contributed by atoms with Gasteiger partial charge in [-0.1, -0.05) is 24.3 Å². The van der Waals surface area contributed by atoms with Crippen LogP contribution in [0.2, 0.25) is 0 Å². The number of benzene rings is 3. The first-order valence-electron chi connectivity index (χ1n) is 17.3. The van der Waals surface area contributed by atoms with Crippen LogP contribution in [0.4, 0.5) is 5.69 Å². The number of nitrogens with one attached hydrogen (secondary N) is 2. The molecule has 3 aliphatic rings. The third-order valence-electron chi connectivity index (χ3n) is 10.2. The lowest BCUT2D eigenvalue weighted by molar-refractivity contribution is 0.174. The van der Waals surface area contributed by atoms with Crippen molar-refractivity contribution in [3.05, 3.63) is 106 Å². The average Bonchev–Trinajstić information content (AvgIpc) is 3.87. The molecule has 0 saturated carbocycles. The number of β-amino-alcohol motifs (C(OH)–C–C–N with tert-alkyl or cyclic N) is 1. The van der Waals surface area contributed by atoms with E-state index >= 15 is 0 Å². The summed E-state index contributed by atoms with van der Waals surface area (Å²) >= 11 is 0. The minimum atomic E-state index is -0.231. The van der Waals surface area contributed by atoms with E-state index in [2.05, 4.69) is 82.8 Å². The van der Waals surface area contributed by atoms with Gasteiger partial charge in [0.15, 0.2) is 5.58 Å². The molecule has 2 aromatic heterocycles. The molecule has 5 aromatic rings. The number of pyridine rings is 1. The second-order valence-corrected chi connectivity index (χ2v) is 13.6. The van der Waals surface area contributed by atoms with Gasteiger partial charge in [-0.05, 0) is 122 Å². The maximum Gasteiger partial charge on any atom is 0.227 e. The van der Waals surface area contributed by atoms with E-state index in [9.17, 15) is 10.4 Å². The number of nitrogens with zero attached hydrogens (tertiary/aromatic N) is 5. The predicted molar refractivity (Wildman–Crippen MR) is 192 cm³/mol. The van der Waals surface area contributed by atoms with Gasteiger partial charge in [0.25, 0.3) is 0 Å². The molecule has 0 bridgehead atoms. The molecular formula is C40H41N7O2. The number of aromatic nitrogens is 2. The Hall–Kier alpha value is -5.01. The SMILES string of the molecule is Cc1c(NC2NC=Cc3cc(CN4CC[C@@H](O)C4)cnc32)cccc1-c1cccc(-c2nc3cc(CN4CCCC4)cc(C#N)c3o2)c1C. The zero-order chi connectivity index (χ0) is 33.5. The molecule has 9 heteroatoms. The Morgan fingerprint density at radius 2 is 1.73 bits per heavy atom. The zero-order valence-corrected chi connectivity index (χ0v) is 28.0. The van der Waals surface area contributed by atoms with Crippen molar-refractivity contribution in [2.24, 2.45) is 0 Å². The smallest absolute Gasteiger partial charge is 0.227 e. The summed E-state index contributed by atoms with van der Waals surface area (Å²) in [7, 11) is 0. The second kappa shape index (κ2) is 13.1. The van der Waals surface area contributed by atoms with Gasteiger partial charge >= 0.3 is 0 Å². The summed E-state index contributed by atoms with van der Waals surface area (Å²) in [5.41, 5.74) is 12.4. The first-order valence-corrected chi connectivity index (χ1v) is 17.3. The Balaban J connectivity index is 1.06. The molecule has 0 aliphatic carbocycles. The molecule has 0 amide bonds. The fourth-order valence-electron chi connectivity index (χ4n) is 7.61. The summed E-state index contributed by atoms with van der Waals surface area (Å²) in [6.45, 7) is 9.68. The summed E-state index contributed by atoms with van der Waals surface area (Å²) in [5, 5.41) is 27.1. The van der Waals surface area contributed by atoms with Gasteiger partial charge in [-0.3, -0.25) is 14.8 Å². The van der Waals surface area contributed by atoms with E-state index in [1.807, 2.05) is 30.6 Å². The number of oxazole rings is 1. The van der Waals surface area contributed by atoms with E-state index in [4.69, 9.17) is 14.4 Å². The first-order chi connectivity index (χ1) is 23.9. The molecule has 3 aliphatic heterocycles. The molecule has 8 rings (SSSR count). The third-order valence-corrected chi connectivity index (χ3v) is 10.2. The lowest BCUT2D eigenvalue weighted by Crippen LogP contribution is -2.28. The number of hydrogen-bond donors (Lipinski definition) is 3. The molecule has 2 atom stereocenters. The number of aliphatic hydroxyl groups excluding tert-OH is 1. The Labute approximate surface area is 286 Å². The standard InChI is InChI=1S/C40H41N7O2/c1-25-32(7-5-9-34(25)40-45-36-19-27(22-46-14-3-4-15-46)17-30(20-41)38(36)49-40)33-8-6-10-35(26(33)2)44-39-37-29(11-13-42-39)18-28(21-43-37)23-47-16-12-31(48)24-47/h5-11,13,17-19,21,31,39,42,44,48H,3-4,12,14-16,22-24H2,1-2H3/t31-,39?/m1/s1. The number of likely N-dealkylation sites (tertiary alicyclic amines) is 2. The van der Waals surface area contributed by atoms with Crippen molar-refractivity contribution in [3.8, 4) is 28.7 Å². The van der Waals surface area contributed by atoms with Crippen LogP contribution in [0.25, 0.3) is 39.8 Å². The topological polar surface area (TPSA) is 113 Å². The van der Waals surface area contributed by atoms with E-state index in [1.165, 1.54) is 12.8 Å². The average molecular weight is 652 g/mol. The highest BCUT2D eigenvalue weighted by molar-refractivity contribution is 5.85. The highest BCUT2D eigenvalue weighted by atomic mass is 16.3. The van der Waals surface area contributed by atoms with Gasteiger partial charge in [0, 0.05) is 49.2 Å². The molecule has 3 N–H and O–H groups in total. The lowest BCUT2D eigenvalue weighted by Gasteiger charge is -2.27. The van der Waals surface area contributed by atoms with Gasteiger partial charge in [-0.15, -0.1) is 0 Å². The fourth-order valence-corrected chi connectivity index (χ4v) is 7.61. The summed E-state index contributed by atoms with van der Waals surface area (Å²) in [4.78, 5) is 14.5. The van der Waals surface area contributed by atoms with E-state index in [0.717, 1.165) is 101 Å². The number of fused-ring (bicyclic) bond motifs is 2. The largest absolute Gasteiger partial charge is 0.435 e. The summed E-state index contributed by atoms with van der Waals surface area (Å²) in [6, 6.07) is 21.1. The molecule has 1 unspecified atom stereocenters. The van der Waals surface area contributed by atoms with Crippen molar-refractivity contribution in [2.75, 3.05) is 31.5 Å². The van der Waals surface area contributed by atoms with Gasteiger partial charge in [-0.2, -0.15) is 5.26 Å². The zero-order valence-electron chi connectivity index (χ0n) is 28.0. The van der Waals surface area contributed by atoms with Crippen LogP contribution in [0.15, 0.2) is 71.4 Å². The maximum absolute atomic E-state index is 9.97. The monoisotopic (exact) mass is 651 g/mol. The number of aliphatic hydroxyl groups is 1. The Bertz CT molecular complexity index is 2110. The number of hydrogen-bond acceptors (Lipinski definition) is 9. The molecule has 0 radical (unpaired) electrons. The van der Waals surface area contributed by atoms with Crippen LogP contribution < -0.4 is 10.6 Å². The van der Waals surface area contributed by atoms with Crippen molar-refractivity contribution in [1.29, 1.82) is 5.26 Å². The van der Waals surface area contributed by atoms with Gasteiger partial charge in [0.2, 0.25) is 5.89 Å². The van der Waals surface area contributed by atoms with Gasteiger partial charge in [0.1, 0.15) is 17.8 Å². The third kappa shape index (κ3) is 6.19. The molecule has 9 nitrogen and oxygen atoms in total. The maximum atomic E-state index is 9.97. The van der Waals surface area contributed by atoms with Gasteiger partial charge < -0.3 is 20.2 Å². The van der Waals surface area contributed by atoms with Crippen molar-refractivity contribution in [1.82, 2.24) is 25.1 Å². The van der Waals surface area contributed by atoms with Crippen molar-refractivity contribution in [3.63, 3.8) is 0 Å². The minimum absolute atomic E-state index is 0.187. The number of rotatable bonds is 8. The highest BCUT2D eigenvalue weighted by Gasteiger charge is 2.24. The molecule has 5 heterocycles. The van der Waals surface area contributed by atoms with Gasteiger partial charge in [0.05, 0.1) is 17.4 Å².